The zero-order valence-corrected chi connectivity index (χ0v) is 11.3. The van der Waals surface area contributed by atoms with E-state index in [2.05, 4.69) is 5.32 Å². The molecule has 2 rings (SSSR count). The molecule has 0 spiro atoms. The maximum Gasteiger partial charge on any atom is 0.245 e. The van der Waals surface area contributed by atoms with Gasteiger partial charge < -0.3 is 10.2 Å². The Bertz CT molecular complexity index is 311. The number of piperazine rings is 1. The summed E-state index contributed by atoms with van der Waals surface area (Å²) < 4.78 is 0. The van der Waals surface area contributed by atoms with E-state index in [0.717, 1.165) is 18.9 Å². The van der Waals surface area contributed by atoms with Gasteiger partial charge in [-0.3, -0.25) is 9.59 Å². The fraction of sp³-hybridized carbons (Fsp3) is 0.857. The largest absolute Gasteiger partial charge is 0.343 e. The molecule has 102 valence electrons. The Labute approximate surface area is 109 Å². The lowest BCUT2D eigenvalue weighted by Crippen LogP contribution is -2.57. The molecule has 1 saturated carbocycles. The molecule has 0 radical (unpaired) electrons. The number of hydrogen-bond donors (Lipinski definition) is 1. The lowest BCUT2D eigenvalue weighted by Gasteiger charge is -2.33. The van der Waals surface area contributed by atoms with Crippen molar-refractivity contribution in [2.24, 2.45) is 5.92 Å². The SMILES string of the molecule is CCC1NC(=O)CN(CCC2CCCCC2)C1=O. The number of nitrogens with one attached hydrogen (secondary N) is 1. The van der Waals surface area contributed by atoms with Crippen LogP contribution < -0.4 is 5.32 Å². The van der Waals surface area contributed by atoms with Gasteiger partial charge in [0.1, 0.15) is 6.04 Å². The summed E-state index contributed by atoms with van der Waals surface area (Å²) in [5.41, 5.74) is 0. The Morgan fingerprint density at radius 3 is 2.61 bits per heavy atom. The Morgan fingerprint density at radius 2 is 1.94 bits per heavy atom. The number of amides is 2. The quantitative estimate of drug-likeness (QED) is 0.828. The summed E-state index contributed by atoms with van der Waals surface area (Å²) in [4.78, 5) is 25.4. The molecular weight excluding hydrogens is 228 g/mol. The predicted octanol–water partition coefficient (Wildman–Crippen LogP) is 1.69. The first-order valence-corrected chi connectivity index (χ1v) is 7.29. The molecule has 2 aliphatic rings. The summed E-state index contributed by atoms with van der Waals surface area (Å²) in [5, 5.41) is 2.75. The highest BCUT2D eigenvalue weighted by Gasteiger charge is 2.31. The summed E-state index contributed by atoms with van der Waals surface area (Å²) in [7, 11) is 0. The van der Waals surface area contributed by atoms with E-state index in [-0.39, 0.29) is 24.4 Å². The first-order valence-electron chi connectivity index (χ1n) is 7.29. The van der Waals surface area contributed by atoms with Crippen LogP contribution in [0.1, 0.15) is 51.9 Å². The van der Waals surface area contributed by atoms with Gasteiger partial charge in [-0.05, 0) is 18.8 Å². The van der Waals surface area contributed by atoms with E-state index < -0.39 is 0 Å². The molecule has 1 atom stereocenters. The summed E-state index contributed by atoms with van der Waals surface area (Å²) in [6.07, 6.45) is 8.36. The van der Waals surface area contributed by atoms with Crippen LogP contribution in [0.4, 0.5) is 0 Å². The van der Waals surface area contributed by atoms with Crippen LogP contribution in [0.5, 0.6) is 0 Å². The van der Waals surface area contributed by atoms with Gasteiger partial charge in [0, 0.05) is 6.54 Å². The van der Waals surface area contributed by atoms with Gasteiger partial charge in [0.15, 0.2) is 0 Å². The van der Waals surface area contributed by atoms with Crippen molar-refractivity contribution >= 4 is 11.8 Å². The van der Waals surface area contributed by atoms with Gasteiger partial charge in [-0.2, -0.15) is 0 Å². The van der Waals surface area contributed by atoms with Crippen LogP contribution in [0, 0.1) is 5.92 Å². The fourth-order valence-electron chi connectivity index (χ4n) is 3.05. The van der Waals surface area contributed by atoms with E-state index in [1.165, 1.54) is 32.1 Å². The van der Waals surface area contributed by atoms with E-state index in [1.54, 1.807) is 4.90 Å². The lowest BCUT2D eigenvalue weighted by molar-refractivity contribution is -0.144. The van der Waals surface area contributed by atoms with Gasteiger partial charge in [-0.25, -0.2) is 0 Å². The summed E-state index contributed by atoms with van der Waals surface area (Å²) >= 11 is 0. The standard InChI is InChI=1S/C14H24N2O2/c1-2-12-14(18)16(10-13(17)15-12)9-8-11-6-4-3-5-7-11/h11-12H,2-10H2,1H3,(H,15,17). The number of hydrogen-bond acceptors (Lipinski definition) is 2. The van der Waals surface area contributed by atoms with Crippen LogP contribution in [0.15, 0.2) is 0 Å². The Kier molecular flexibility index (Phi) is 4.61. The second-order valence-electron chi connectivity index (χ2n) is 5.58. The van der Waals surface area contributed by atoms with Gasteiger partial charge in [0.05, 0.1) is 6.54 Å². The highest BCUT2D eigenvalue weighted by atomic mass is 16.2. The minimum atomic E-state index is -0.294. The Balaban J connectivity index is 1.83. The molecule has 4 heteroatoms. The summed E-state index contributed by atoms with van der Waals surface area (Å²) in [6, 6.07) is -0.294. The summed E-state index contributed by atoms with van der Waals surface area (Å²) in [6.45, 7) is 2.95. The number of rotatable bonds is 4. The van der Waals surface area contributed by atoms with Crippen LogP contribution in [0.2, 0.25) is 0 Å². The van der Waals surface area contributed by atoms with Crippen molar-refractivity contribution in [3.63, 3.8) is 0 Å². The zero-order valence-electron chi connectivity index (χ0n) is 11.3. The van der Waals surface area contributed by atoms with Gasteiger partial charge in [0.2, 0.25) is 11.8 Å². The van der Waals surface area contributed by atoms with Gasteiger partial charge in [0.25, 0.3) is 0 Å². The second kappa shape index (κ2) is 6.21. The van der Waals surface area contributed by atoms with E-state index >= 15 is 0 Å². The van der Waals surface area contributed by atoms with Crippen LogP contribution in [-0.2, 0) is 9.59 Å². The second-order valence-corrected chi connectivity index (χ2v) is 5.58. The monoisotopic (exact) mass is 252 g/mol. The minimum Gasteiger partial charge on any atom is -0.343 e. The number of carbonyl (C=O) groups excluding carboxylic acids is 2. The molecule has 1 unspecified atom stereocenters. The number of carbonyl (C=O) groups is 2. The molecule has 2 fully saturated rings. The van der Waals surface area contributed by atoms with E-state index in [4.69, 9.17) is 0 Å². The Morgan fingerprint density at radius 1 is 1.22 bits per heavy atom. The normalized spacial score (nSPS) is 26.3. The third-order valence-electron chi connectivity index (χ3n) is 4.22. The van der Waals surface area contributed by atoms with Crippen LogP contribution in [0.3, 0.4) is 0 Å². The van der Waals surface area contributed by atoms with Crippen LogP contribution in [0.25, 0.3) is 0 Å². The average molecular weight is 252 g/mol. The topological polar surface area (TPSA) is 49.4 Å². The van der Waals surface area contributed by atoms with Gasteiger partial charge >= 0.3 is 0 Å². The summed E-state index contributed by atoms with van der Waals surface area (Å²) in [5.74, 6) is 0.856. The molecule has 0 aromatic carbocycles. The number of nitrogens with zero attached hydrogens (tertiary/aromatic N) is 1. The van der Waals surface area contributed by atoms with Crippen LogP contribution in [-0.4, -0.2) is 35.8 Å². The van der Waals surface area contributed by atoms with E-state index in [9.17, 15) is 9.59 Å². The molecule has 0 bridgehead atoms. The van der Waals surface area contributed by atoms with Crippen molar-refractivity contribution in [1.82, 2.24) is 10.2 Å². The van der Waals surface area contributed by atoms with Crippen LogP contribution >= 0.6 is 0 Å². The molecule has 0 aromatic heterocycles. The molecule has 1 heterocycles. The zero-order chi connectivity index (χ0) is 13.0. The molecule has 0 aromatic rings. The maximum atomic E-state index is 12.1. The molecule has 4 nitrogen and oxygen atoms in total. The Hall–Kier alpha value is -1.06. The average Bonchev–Trinajstić information content (AvgIpc) is 2.40. The first-order chi connectivity index (χ1) is 8.70. The highest BCUT2D eigenvalue weighted by molar-refractivity contribution is 5.94. The van der Waals surface area contributed by atoms with Crippen molar-refractivity contribution in [1.29, 1.82) is 0 Å². The molecule has 18 heavy (non-hydrogen) atoms. The highest BCUT2D eigenvalue weighted by Crippen LogP contribution is 2.26. The molecular formula is C14H24N2O2. The molecule has 1 saturated heterocycles. The van der Waals surface area contributed by atoms with Crippen molar-refractivity contribution in [2.75, 3.05) is 13.1 Å². The van der Waals surface area contributed by atoms with E-state index in [1.807, 2.05) is 6.92 Å². The first kappa shape index (κ1) is 13.4. The molecule has 1 aliphatic carbocycles. The third-order valence-corrected chi connectivity index (χ3v) is 4.22. The van der Waals surface area contributed by atoms with E-state index in [0.29, 0.717) is 6.42 Å². The maximum absolute atomic E-state index is 12.1. The molecule has 2 amide bonds. The smallest absolute Gasteiger partial charge is 0.245 e. The third kappa shape index (κ3) is 3.24. The predicted molar refractivity (Wildman–Crippen MR) is 70.0 cm³/mol. The van der Waals surface area contributed by atoms with Gasteiger partial charge in [-0.15, -0.1) is 0 Å². The molecule has 1 N–H and O–H groups in total. The van der Waals surface area contributed by atoms with Gasteiger partial charge in [-0.1, -0.05) is 39.0 Å². The van der Waals surface area contributed by atoms with Crippen molar-refractivity contribution in [3.05, 3.63) is 0 Å². The minimum absolute atomic E-state index is 0.00917. The van der Waals surface area contributed by atoms with Crippen molar-refractivity contribution in [3.8, 4) is 0 Å². The lowest BCUT2D eigenvalue weighted by atomic mass is 9.87. The van der Waals surface area contributed by atoms with Crippen molar-refractivity contribution in [2.45, 2.75) is 57.9 Å². The molecule has 1 aliphatic heterocycles. The fourth-order valence-corrected chi connectivity index (χ4v) is 3.05. The van der Waals surface area contributed by atoms with Crippen molar-refractivity contribution < 1.29 is 9.59 Å².